The van der Waals surface area contributed by atoms with Gasteiger partial charge in [0.2, 0.25) is 0 Å². The summed E-state index contributed by atoms with van der Waals surface area (Å²) in [6.45, 7) is 4.79. The van der Waals surface area contributed by atoms with Crippen molar-refractivity contribution in [3.8, 4) is 6.07 Å². The average molecular weight is 298 g/mol. The molecular formula is C17H15FN2O2. The molecule has 2 aromatic rings. The highest BCUT2D eigenvalue weighted by Crippen LogP contribution is 2.12. The first-order valence-electron chi connectivity index (χ1n) is 6.75. The second-order valence-electron chi connectivity index (χ2n) is 5.23. The maximum absolute atomic E-state index is 13.3. The lowest BCUT2D eigenvalue weighted by molar-refractivity contribution is 0.0970. The van der Waals surface area contributed by atoms with Crippen molar-refractivity contribution in [2.75, 3.05) is 0 Å². The lowest BCUT2D eigenvalue weighted by Gasteiger charge is -2.11. The van der Waals surface area contributed by atoms with Crippen LogP contribution >= 0.6 is 0 Å². The first-order chi connectivity index (χ1) is 10.3. The standard InChI is InChI=1S/C17H15FN2O2/c1-10-6-12(3)20(17(22)14(10)8-19)9-16(21)13-4-5-15(18)11(2)7-13/h4-7H,9H2,1-3H3. The quantitative estimate of drug-likeness (QED) is 0.818. The highest BCUT2D eigenvalue weighted by Gasteiger charge is 2.14. The summed E-state index contributed by atoms with van der Waals surface area (Å²) in [5.41, 5.74) is 1.46. The molecule has 0 saturated carbocycles. The molecule has 0 fully saturated rings. The van der Waals surface area contributed by atoms with Gasteiger partial charge in [-0.15, -0.1) is 0 Å². The van der Waals surface area contributed by atoms with Gasteiger partial charge in [-0.05, 0) is 56.2 Å². The fraction of sp³-hybridized carbons (Fsp3) is 0.235. The molecule has 0 aliphatic heterocycles. The summed E-state index contributed by atoms with van der Waals surface area (Å²) in [6.07, 6.45) is 0. The van der Waals surface area contributed by atoms with Gasteiger partial charge in [0.1, 0.15) is 17.4 Å². The van der Waals surface area contributed by atoms with Gasteiger partial charge in [0, 0.05) is 11.3 Å². The van der Waals surface area contributed by atoms with Crippen molar-refractivity contribution < 1.29 is 9.18 Å². The van der Waals surface area contributed by atoms with Crippen LogP contribution in [-0.4, -0.2) is 10.4 Å². The number of hydrogen-bond donors (Lipinski definition) is 0. The van der Waals surface area contributed by atoms with Gasteiger partial charge in [-0.2, -0.15) is 5.26 Å². The molecule has 0 unspecified atom stereocenters. The van der Waals surface area contributed by atoms with E-state index in [-0.39, 0.29) is 23.7 Å². The molecule has 22 heavy (non-hydrogen) atoms. The van der Waals surface area contributed by atoms with Crippen LogP contribution in [-0.2, 0) is 6.54 Å². The molecule has 1 heterocycles. The molecule has 2 rings (SSSR count). The van der Waals surface area contributed by atoms with Crippen molar-refractivity contribution in [2.24, 2.45) is 0 Å². The number of benzene rings is 1. The number of pyridine rings is 1. The number of aromatic nitrogens is 1. The van der Waals surface area contributed by atoms with Crippen molar-refractivity contribution in [1.82, 2.24) is 4.57 Å². The molecule has 0 N–H and O–H groups in total. The molecule has 0 aliphatic rings. The molecule has 0 aliphatic carbocycles. The molecule has 0 saturated heterocycles. The lowest BCUT2D eigenvalue weighted by atomic mass is 10.1. The Balaban J connectivity index is 2.43. The zero-order chi connectivity index (χ0) is 16.4. The van der Waals surface area contributed by atoms with E-state index in [4.69, 9.17) is 5.26 Å². The van der Waals surface area contributed by atoms with E-state index < -0.39 is 5.56 Å². The summed E-state index contributed by atoms with van der Waals surface area (Å²) in [6, 6.07) is 7.64. The molecular weight excluding hydrogens is 283 g/mol. The Bertz CT molecular complexity index is 860. The number of halogens is 1. The number of rotatable bonds is 3. The predicted molar refractivity (Wildman–Crippen MR) is 80.4 cm³/mol. The Hall–Kier alpha value is -2.74. The summed E-state index contributed by atoms with van der Waals surface area (Å²) < 4.78 is 14.5. The van der Waals surface area contributed by atoms with Gasteiger partial charge < -0.3 is 4.57 Å². The van der Waals surface area contributed by atoms with Gasteiger partial charge in [-0.3, -0.25) is 9.59 Å². The number of nitrogens with zero attached hydrogens (tertiary/aromatic N) is 2. The molecule has 0 amide bonds. The van der Waals surface area contributed by atoms with Crippen molar-refractivity contribution >= 4 is 5.78 Å². The molecule has 1 aromatic carbocycles. The Labute approximate surface area is 127 Å². The summed E-state index contributed by atoms with van der Waals surface area (Å²) in [4.78, 5) is 24.6. The third-order valence-electron chi connectivity index (χ3n) is 3.60. The van der Waals surface area contributed by atoms with Crippen LogP contribution in [0.25, 0.3) is 0 Å². The fourth-order valence-corrected chi connectivity index (χ4v) is 2.31. The maximum atomic E-state index is 13.3. The number of aryl methyl sites for hydroxylation is 3. The van der Waals surface area contributed by atoms with E-state index in [9.17, 15) is 14.0 Å². The average Bonchev–Trinajstić information content (AvgIpc) is 2.46. The number of nitriles is 1. The van der Waals surface area contributed by atoms with Crippen LogP contribution in [0.3, 0.4) is 0 Å². The predicted octanol–water partition coefficient (Wildman–Crippen LogP) is 2.67. The molecule has 1 aromatic heterocycles. The molecule has 0 atom stereocenters. The highest BCUT2D eigenvalue weighted by molar-refractivity contribution is 5.96. The minimum absolute atomic E-state index is 0.0358. The van der Waals surface area contributed by atoms with E-state index in [1.807, 2.05) is 6.07 Å². The number of carbonyl (C=O) groups excluding carboxylic acids is 1. The Morgan fingerprint density at radius 2 is 1.91 bits per heavy atom. The fourth-order valence-electron chi connectivity index (χ4n) is 2.31. The smallest absolute Gasteiger partial charge is 0.269 e. The van der Waals surface area contributed by atoms with Gasteiger partial charge in [0.25, 0.3) is 5.56 Å². The Morgan fingerprint density at radius 3 is 2.50 bits per heavy atom. The minimum Gasteiger partial charge on any atom is -0.304 e. The topological polar surface area (TPSA) is 62.9 Å². The van der Waals surface area contributed by atoms with E-state index in [0.717, 1.165) is 0 Å². The summed E-state index contributed by atoms with van der Waals surface area (Å²) in [7, 11) is 0. The zero-order valence-electron chi connectivity index (χ0n) is 12.6. The molecule has 0 radical (unpaired) electrons. The van der Waals surface area contributed by atoms with Gasteiger partial charge >= 0.3 is 0 Å². The number of ketones is 1. The summed E-state index contributed by atoms with van der Waals surface area (Å²) >= 11 is 0. The van der Waals surface area contributed by atoms with Crippen molar-refractivity contribution in [2.45, 2.75) is 27.3 Å². The summed E-state index contributed by atoms with van der Waals surface area (Å²) in [5, 5.41) is 9.04. The van der Waals surface area contributed by atoms with E-state index in [0.29, 0.717) is 22.4 Å². The molecule has 5 heteroatoms. The highest BCUT2D eigenvalue weighted by atomic mass is 19.1. The molecule has 0 bridgehead atoms. The van der Waals surface area contributed by atoms with Crippen LogP contribution < -0.4 is 5.56 Å². The normalized spacial score (nSPS) is 10.3. The zero-order valence-corrected chi connectivity index (χ0v) is 12.6. The van der Waals surface area contributed by atoms with Crippen LogP contribution in [0.4, 0.5) is 4.39 Å². The van der Waals surface area contributed by atoms with Gasteiger partial charge in [-0.25, -0.2) is 4.39 Å². The first kappa shape index (κ1) is 15.6. The number of Topliss-reactive ketones (excluding diaryl/α,β-unsaturated/α-hetero) is 1. The second-order valence-corrected chi connectivity index (χ2v) is 5.23. The third-order valence-corrected chi connectivity index (χ3v) is 3.60. The van der Waals surface area contributed by atoms with Gasteiger partial charge in [0.05, 0.1) is 6.54 Å². The van der Waals surface area contributed by atoms with Gasteiger partial charge in [0.15, 0.2) is 5.78 Å². The Kier molecular flexibility index (Phi) is 4.22. The van der Waals surface area contributed by atoms with Crippen molar-refractivity contribution in [3.63, 3.8) is 0 Å². The van der Waals surface area contributed by atoms with E-state index in [1.54, 1.807) is 26.8 Å². The number of carbonyl (C=O) groups is 1. The van der Waals surface area contributed by atoms with Crippen molar-refractivity contribution in [1.29, 1.82) is 5.26 Å². The van der Waals surface area contributed by atoms with Crippen LogP contribution in [0.1, 0.15) is 32.7 Å². The van der Waals surface area contributed by atoms with E-state index >= 15 is 0 Å². The van der Waals surface area contributed by atoms with Crippen LogP contribution in [0.5, 0.6) is 0 Å². The SMILES string of the molecule is Cc1cc(C(=O)Cn2c(C)cc(C)c(C#N)c2=O)ccc1F. The molecule has 0 spiro atoms. The lowest BCUT2D eigenvalue weighted by Crippen LogP contribution is -2.29. The Morgan fingerprint density at radius 1 is 1.23 bits per heavy atom. The maximum Gasteiger partial charge on any atom is 0.269 e. The van der Waals surface area contributed by atoms with Gasteiger partial charge in [-0.1, -0.05) is 0 Å². The minimum atomic E-state index is -0.479. The molecule has 4 nitrogen and oxygen atoms in total. The second kappa shape index (κ2) is 5.94. The third kappa shape index (κ3) is 2.82. The largest absolute Gasteiger partial charge is 0.304 e. The van der Waals surface area contributed by atoms with Crippen LogP contribution in [0.15, 0.2) is 29.1 Å². The van der Waals surface area contributed by atoms with Crippen LogP contribution in [0, 0.1) is 37.9 Å². The summed E-state index contributed by atoms with van der Waals surface area (Å²) in [5.74, 6) is -0.687. The van der Waals surface area contributed by atoms with Crippen molar-refractivity contribution in [3.05, 3.63) is 68.4 Å². The van der Waals surface area contributed by atoms with Crippen LogP contribution in [0.2, 0.25) is 0 Å². The molecule has 112 valence electrons. The van der Waals surface area contributed by atoms with E-state index in [2.05, 4.69) is 0 Å². The first-order valence-corrected chi connectivity index (χ1v) is 6.75. The number of hydrogen-bond acceptors (Lipinski definition) is 3. The monoisotopic (exact) mass is 298 g/mol. The van der Waals surface area contributed by atoms with E-state index in [1.165, 1.54) is 22.8 Å².